The van der Waals surface area contributed by atoms with E-state index < -0.39 is 17.9 Å². The molecule has 0 aromatic rings. The summed E-state index contributed by atoms with van der Waals surface area (Å²) in [5.41, 5.74) is 0. The maximum atomic E-state index is 11.3. The molecular formula is C20H32O6. The average molecular weight is 368 g/mol. The summed E-state index contributed by atoms with van der Waals surface area (Å²) in [6, 6.07) is 0. The summed E-state index contributed by atoms with van der Waals surface area (Å²) in [5.74, 6) is -1.85. The number of unbranched alkanes of at least 4 members (excludes halogenated alkanes) is 6. The first-order valence-electron chi connectivity index (χ1n) is 9.32. The Kier molecular flexibility index (Phi) is 15.0. The predicted molar refractivity (Wildman–Crippen MR) is 99.6 cm³/mol. The smallest absolute Gasteiger partial charge is 0.330 e. The first-order chi connectivity index (χ1) is 12.5. The van der Waals surface area contributed by atoms with Crippen molar-refractivity contribution < 1.29 is 29.0 Å². The quantitative estimate of drug-likeness (QED) is 0.237. The highest BCUT2D eigenvalue weighted by molar-refractivity contribution is 5.81. The summed E-state index contributed by atoms with van der Waals surface area (Å²) in [7, 11) is 0. The lowest BCUT2D eigenvalue weighted by Gasteiger charge is -2.12. The third kappa shape index (κ3) is 14.3. The van der Waals surface area contributed by atoms with Crippen molar-refractivity contribution in [1.82, 2.24) is 0 Å². The van der Waals surface area contributed by atoms with Gasteiger partial charge in [-0.25, -0.2) is 9.59 Å². The first-order valence-corrected chi connectivity index (χ1v) is 9.32. The minimum absolute atomic E-state index is 0.299. The van der Waals surface area contributed by atoms with Crippen LogP contribution in [0.1, 0.15) is 64.2 Å². The van der Waals surface area contributed by atoms with E-state index in [1.807, 2.05) is 0 Å². The van der Waals surface area contributed by atoms with Gasteiger partial charge in [0.1, 0.15) is 0 Å². The molecule has 0 aromatic heterocycles. The fourth-order valence-corrected chi connectivity index (χ4v) is 2.55. The Morgan fingerprint density at radius 2 is 1.12 bits per heavy atom. The van der Waals surface area contributed by atoms with Crippen molar-refractivity contribution in [2.24, 2.45) is 5.92 Å². The van der Waals surface area contributed by atoms with Gasteiger partial charge in [-0.05, 0) is 25.7 Å². The molecule has 0 aliphatic heterocycles. The van der Waals surface area contributed by atoms with Crippen molar-refractivity contribution in [1.29, 1.82) is 0 Å². The number of carbonyl (C=O) groups is 3. The van der Waals surface area contributed by atoms with E-state index in [0.717, 1.165) is 63.5 Å². The summed E-state index contributed by atoms with van der Waals surface area (Å²) in [6.45, 7) is 7.42. The number of hydrogen-bond acceptors (Lipinski definition) is 5. The molecule has 0 amide bonds. The Morgan fingerprint density at radius 1 is 0.731 bits per heavy atom. The molecule has 0 fully saturated rings. The zero-order chi connectivity index (χ0) is 19.6. The second kappa shape index (κ2) is 16.4. The molecule has 0 bridgehead atoms. The molecule has 0 heterocycles. The largest absolute Gasteiger partial charge is 0.481 e. The van der Waals surface area contributed by atoms with E-state index in [4.69, 9.17) is 9.47 Å². The van der Waals surface area contributed by atoms with Crippen LogP contribution in [-0.4, -0.2) is 36.2 Å². The fourth-order valence-electron chi connectivity index (χ4n) is 2.55. The van der Waals surface area contributed by atoms with Gasteiger partial charge < -0.3 is 14.6 Å². The molecule has 0 aliphatic carbocycles. The van der Waals surface area contributed by atoms with E-state index in [0.29, 0.717) is 26.1 Å². The highest BCUT2D eigenvalue weighted by atomic mass is 16.5. The lowest BCUT2D eigenvalue weighted by Crippen LogP contribution is -2.13. The summed E-state index contributed by atoms with van der Waals surface area (Å²) in [4.78, 5) is 33.0. The van der Waals surface area contributed by atoms with Crippen LogP contribution in [0.25, 0.3) is 0 Å². The van der Waals surface area contributed by atoms with Crippen LogP contribution in [0.2, 0.25) is 0 Å². The Bertz CT molecular complexity index is 410. The topological polar surface area (TPSA) is 89.9 Å². The predicted octanol–water partition coefficient (Wildman–Crippen LogP) is 4.05. The summed E-state index contributed by atoms with van der Waals surface area (Å²) in [5, 5.41) is 9.30. The number of carboxylic acids is 1. The maximum absolute atomic E-state index is 11.3. The lowest BCUT2D eigenvalue weighted by molar-refractivity contribution is -0.142. The molecule has 0 spiro atoms. The van der Waals surface area contributed by atoms with Crippen molar-refractivity contribution in [3.05, 3.63) is 25.3 Å². The van der Waals surface area contributed by atoms with Crippen molar-refractivity contribution in [2.75, 3.05) is 13.2 Å². The maximum Gasteiger partial charge on any atom is 0.330 e. The molecule has 0 radical (unpaired) electrons. The minimum atomic E-state index is -0.732. The molecule has 0 aliphatic rings. The lowest BCUT2D eigenvalue weighted by atomic mass is 9.94. The van der Waals surface area contributed by atoms with Crippen molar-refractivity contribution in [3.8, 4) is 0 Å². The molecule has 0 atom stereocenters. The Balaban J connectivity index is 3.63. The first kappa shape index (κ1) is 23.9. The van der Waals surface area contributed by atoms with Gasteiger partial charge in [-0.3, -0.25) is 4.79 Å². The third-order valence-electron chi connectivity index (χ3n) is 4.07. The summed E-state index contributed by atoms with van der Waals surface area (Å²) >= 11 is 0. The standard InChI is InChI=1S/C20H32O6/c1-3-18(21)25-15-11-7-5-9-13-17(20(23)24)14-10-6-8-12-16-26-19(22)4-2/h3-4,17H,1-2,5-16H2,(H,23,24). The van der Waals surface area contributed by atoms with E-state index in [2.05, 4.69) is 13.2 Å². The van der Waals surface area contributed by atoms with E-state index in [9.17, 15) is 19.5 Å². The highest BCUT2D eigenvalue weighted by Gasteiger charge is 2.16. The van der Waals surface area contributed by atoms with E-state index in [1.54, 1.807) is 0 Å². The molecule has 1 N–H and O–H groups in total. The van der Waals surface area contributed by atoms with Crippen molar-refractivity contribution in [3.63, 3.8) is 0 Å². The van der Waals surface area contributed by atoms with Gasteiger partial charge in [-0.2, -0.15) is 0 Å². The van der Waals surface area contributed by atoms with Crippen LogP contribution in [0.3, 0.4) is 0 Å². The molecule has 6 heteroatoms. The number of ether oxygens (including phenoxy) is 2. The van der Waals surface area contributed by atoms with Gasteiger partial charge in [-0.15, -0.1) is 0 Å². The van der Waals surface area contributed by atoms with Gasteiger partial charge in [0.15, 0.2) is 0 Å². The fraction of sp³-hybridized carbons (Fsp3) is 0.650. The van der Waals surface area contributed by atoms with Crippen LogP contribution in [0.5, 0.6) is 0 Å². The highest BCUT2D eigenvalue weighted by Crippen LogP contribution is 2.18. The number of aliphatic carboxylic acids is 1. The Hall–Kier alpha value is -2.11. The van der Waals surface area contributed by atoms with Gasteiger partial charge in [0, 0.05) is 12.2 Å². The van der Waals surface area contributed by atoms with E-state index >= 15 is 0 Å². The number of hydrogen-bond donors (Lipinski definition) is 1. The van der Waals surface area contributed by atoms with Gasteiger partial charge in [0.05, 0.1) is 19.1 Å². The third-order valence-corrected chi connectivity index (χ3v) is 4.07. The van der Waals surface area contributed by atoms with Crippen LogP contribution < -0.4 is 0 Å². The molecule has 0 aromatic carbocycles. The van der Waals surface area contributed by atoms with Gasteiger partial charge in [0.2, 0.25) is 0 Å². The van der Waals surface area contributed by atoms with E-state index in [1.165, 1.54) is 0 Å². The number of rotatable bonds is 17. The van der Waals surface area contributed by atoms with E-state index in [-0.39, 0.29) is 5.92 Å². The van der Waals surface area contributed by atoms with Crippen LogP contribution in [0, 0.1) is 5.92 Å². The minimum Gasteiger partial charge on any atom is -0.481 e. The average Bonchev–Trinajstić information content (AvgIpc) is 2.63. The van der Waals surface area contributed by atoms with Crippen molar-refractivity contribution >= 4 is 17.9 Å². The molecule has 0 saturated heterocycles. The summed E-state index contributed by atoms with van der Waals surface area (Å²) < 4.78 is 9.77. The Morgan fingerprint density at radius 3 is 1.46 bits per heavy atom. The van der Waals surface area contributed by atoms with Crippen LogP contribution in [-0.2, 0) is 23.9 Å². The summed E-state index contributed by atoms with van der Waals surface area (Å²) in [6.07, 6.45) is 10.7. The molecule has 0 saturated carbocycles. The SMILES string of the molecule is C=CC(=O)OCCCCCCC(CCCCCCOC(=O)C=C)C(=O)O. The molecule has 6 nitrogen and oxygen atoms in total. The number of carboxylic acid groups (broad SMARTS) is 1. The number of carbonyl (C=O) groups excluding carboxylic acids is 2. The second-order valence-corrected chi connectivity index (χ2v) is 6.18. The van der Waals surface area contributed by atoms with Gasteiger partial charge >= 0.3 is 17.9 Å². The van der Waals surface area contributed by atoms with Gasteiger partial charge in [-0.1, -0.05) is 51.7 Å². The molecule has 148 valence electrons. The zero-order valence-corrected chi connectivity index (χ0v) is 15.6. The molecule has 0 rings (SSSR count). The monoisotopic (exact) mass is 368 g/mol. The van der Waals surface area contributed by atoms with Crippen LogP contribution in [0.15, 0.2) is 25.3 Å². The zero-order valence-electron chi connectivity index (χ0n) is 15.6. The Labute approximate surface area is 156 Å². The van der Waals surface area contributed by atoms with Crippen LogP contribution in [0.4, 0.5) is 0 Å². The number of esters is 2. The van der Waals surface area contributed by atoms with Gasteiger partial charge in [0.25, 0.3) is 0 Å². The molecule has 26 heavy (non-hydrogen) atoms. The molecule has 0 unspecified atom stereocenters. The van der Waals surface area contributed by atoms with Crippen molar-refractivity contribution in [2.45, 2.75) is 64.2 Å². The molecular weight excluding hydrogens is 336 g/mol. The van der Waals surface area contributed by atoms with Crippen LogP contribution >= 0.6 is 0 Å². The second-order valence-electron chi connectivity index (χ2n) is 6.18. The normalized spacial score (nSPS) is 10.3.